The van der Waals surface area contributed by atoms with E-state index in [2.05, 4.69) is 11.6 Å². The van der Waals surface area contributed by atoms with Gasteiger partial charge in [-0.1, -0.05) is 12.1 Å². The molecule has 0 aliphatic carbocycles. The third kappa shape index (κ3) is 3.02. The smallest absolute Gasteiger partial charge is 0.269 e. The second-order valence-electron chi connectivity index (χ2n) is 4.23. The van der Waals surface area contributed by atoms with E-state index in [0.717, 1.165) is 11.3 Å². The summed E-state index contributed by atoms with van der Waals surface area (Å²) >= 11 is 1.03. The van der Waals surface area contributed by atoms with Crippen LogP contribution < -0.4 is 20.5 Å². The van der Waals surface area contributed by atoms with Crippen LogP contribution in [0, 0.1) is 11.3 Å². The van der Waals surface area contributed by atoms with Crippen molar-refractivity contribution in [1.82, 2.24) is 9.55 Å². The summed E-state index contributed by atoms with van der Waals surface area (Å²) in [7, 11) is 0. The average Bonchev–Trinajstić information content (AvgIpc) is 2.79. The van der Waals surface area contributed by atoms with Crippen LogP contribution in [0.4, 0.5) is 0 Å². The highest BCUT2D eigenvalue weighted by Gasteiger charge is 2.12. The molecule has 2 aromatic rings. The molecule has 0 aromatic carbocycles. The first kappa shape index (κ1) is 15.4. The molecule has 2 aromatic heterocycles. The molecule has 0 saturated carbocycles. The number of hydrogen-bond donors (Lipinski definition) is 1. The van der Waals surface area contributed by atoms with Gasteiger partial charge in [-0.2, -0.15) is 5.26 Å². The van der Waals surface area contributed by atoms with Crippen LogP contribution in [-0.4, -0.2) is 15.5 Å². The maximum absolute atomic E-state index is 12.4. The molecule has 22 heavy (non-hydrogen) atoms. The first-order valence-corrected chi connectivity index (χ1v) is 7.07. The third-order valence-electron chi connectivity index (χ3n) is 2.76. The maximum atomic E-state index is 12.4. The van der Waals surface area contributed by atoms with Crippen molar-refractivity contribution in [2.24, 2.45) is 5.73 Å². The summed E-state index contributed by atoms with van der Waals surface area (Å²) in [5.41, 5.74) is 5.24. The number of rotatable bonds is 4. The predicted molar refractivity (Wildman–Crippen MR) is 84.0 cm³/mol. The van der Waals surface area contributed by atoms with Crippen LogP contribution in [0.25, 0.3) is 11.6 Å². The molecule has 0 spiro atoms. The standard InChI is InChI=1S/C15H12N4O2S/c1-2-7-19-14(21)12(8-10-5-3-4-6-18-10)22-15(19)11(9-16)13(17)20/h2-6,8H,1,7H2,(H2,17,20)/b12-8+,15-11+. The number of nitriles is 1. The molecule has 2 rings (SSSR count). The van der Waals surface area contributed by atoms with Crippen LogP contribution in [0.3, 0.4) is 0 Å². The number of hydrogen-bond acceptors (Lipinski definition) is 5. The summed E-state index contributed by atoms with van der Waals surface area (Å²) in [6, 6.07) is 7.06. The van der Waals surface area contributed by atoms with Gasteiger partial charge in [0, 0.05) is 12.7 Å². The fourth-order valence-electron chi connectivity index (χ4n) is 1.80. The van der Waals surface area contributed by atoms with Gasteiger partial charge in [0.25, 0.3) is 11.5 Å². The first-order valence-electron chi connectivity index (χ1n) is 6.26. The monoisotopic (exact) mass is 312 g/mol. The molecule has 0 unspecified atom stereocenters. The average molecular weight is 312 g/mol. The summed E-state index contributed by atoms with van der Waals surface area (Å²) in [6.45, 7) is 3.76. The molecular formula is C15H12N4O2S. The van der Waals surface area contributed by atoms with Crippen molar-refractivity contribution in [3.63, 3.8) is 0 Å². The Morgan fingerprint density at radius 1 is 1.55 bits per heavy atom. The zero-order valence-electron chi connectivity index (χ0n) is 11.5. The molecule has 0 atom stereocenters. The molecular weight excluding hydrogens is 300 g/mol. The number of amides is 1. The quantitative estimate of drug-likeness (QED) is 0.767. The number of nitrogens with two attached hydrogens (primary N) is 1. The number of carbonyl (C=O) groups is 1. The minimum Gasteiger partial charge on any atom is -0.365 e. The highest BCUT2D eigenvalue weighted by atomic mass is 32.1. The topological polar surface area (TPSA) is 102 Å². The SMILES string of the molecule is C=CCn1c(=O)/c(=C\c2ccccn2)s/c1=C(\C#N)C(N)=O. The van der Waals surface area contributed by atoms with Crippen LogP contribution in [0.1, 0.15) is 5.69 Å². The van der Waals surface area contributed by atoms with Gasteiger partial charge in [0.2, 0.25) is 0 Å². The molecule has 0 bridgehead atoms. The Bertz CT molecular complexity index is 933. The number of pyridine rings is 1. The van der Waals surface area contributed by atoms with Gasteiger partial charge >= 0.3 is 0 Å². The Balaban J connectivity index is 2.85. The van der Waals surface area contributed by atoms with E-state index in [4.69, 9.17) is 11.0 Å². The van der Waals surface area contributed by atoms with E-state index in [9.17, 15) is 9.59 Å². The van der Waals surface area contributed by atoms with Gasteiger partial charge in [0.15, 0.2) is 5.57 Å². The van der Waals surface area contributed by atoms with Crippen molar-refractivity contribution in [2.75, 3.05) is 0 Å². The summed E-state index contributed by atoms with van der Waals surface area (Å²) < 4.78 is 1.89. The molecule has 0 fully saturated rings. The highest BCUT2D eigenvalue weighted by Crippen LogP contribution is 1.95. The summed E-state index contributed by atoms with van der Waals surface area (Å²) in [5, 5.41) is 9.09. The first-order chi connectivity index (χ1) is 10.6. The van der Waals surface area contributed by atoms with Crippen LogP contribution >= 0.6 is 11.3 Å². The van der Waals surface area contributed by atoms with Crippen molar-refractivity contribution in [3.05, 3.63) is 62.3 Å². The van der Waals surface area contributed by atoms with Crippen LogP contribution in [0.2, 0.25) is 0 Å². The van der Waals surface area contributed by atoms with Crippen molar-refractivity contribution >= 4 is 28.9 Å². The van der Waals surface area contributed by atoms with E-state index >= 15 is 0 Å². The zero-order valence-corrected chi connectivity index (χ0v) is 12.3. The number of allylic oxidation sites excluding steroid dienone is 1. The molecule has 110 valence electrons. The summed E-state index contributed by atoms with van der Waals surface area (Å²) in [4.78, 5) is 27.9. The molecule has 1 amide bonds. The van der Waals surface area contributed by atoms with Gasteiger partial charge in [-0.05, 0) is 18.2 Å². The Kier molecular flexibility index (Phi) is 4.66. The van der Waals surface area contributed by atoms with Crippen molar-refractivity contribution < 1.29 is 4.79 Å². The van der Waals surface area contributed by atoms with Crippen LogP contribution in [0.5, 0.6) is 0 Å². The van der Waals surface area contributed by atoms with Gasteiger partial charge in [0.05, 0.1) is 10.2 Å². The van der Waals surface area contributed by atoms with Crippen LogP contribution in [-0.2, 0) is 11.3 Å². The molecule has 0 saturated heterocycles. The number of thiazole rings is 1. The largest absolute Gasteiger partial charge is 0.365 e. The predicted octanol–water partition coefficient (Wildman–Crippen LogP) is -0.521. The fraction of sp³-hybridized carbons (Fsp3) is 0.0667. The third-order valence-corrected chi connectivity index (χ3v) is 3.89. The molecule has 0 aliphatic rings. The lowest BCUT2D eigenvalue weighted by molar-refractivity contribution is -0.112. The number of nitrogens with zero attached hydrogens (tertiary/aromatic N) is 3. The molecule has 2 N–H and O–H groups in total. The van der Waals surface area contributed by atoms with Gasteiger partial charge in [-0.3, -0.25) is 19.1 Å². The lowest BCUT2D eigenvalue weighted by atomic mass is 10.3. The maximum Gasteiger partial charge on any atom is 0.269 e. The Morgan fingerprint density at radius 2 is 2.32 bits per heavy atom. The fourth-order valence-corrected chi connectivity index (χ4v) is 2.91. The van der Waals surface area contributed by atoms with Gasteiger partial charge < -0.3 is 5.73 Å². The Labute approximate surface area is 129 Å². The van der Waals surface area contributed by atoms with Gasteiger partial charge in [-0.15, -0.1) is 17.9 Å². The van der Waals surface area contributed by atoms with E-state index in [1.54, 1.807) is 36.5 Å². The van der Waals surface area contributed by atoms with E-state index in [0.29, 0.717) is 10.2 Å². The minimum atomic E-state index is -0.869. The van der Waals surface area contributed by atoms with E-state index in [-0.39, 0.29) is 22.3 Å². The Hall–Kier alpha value is -2.98. The second-order valence-corrected chi connectivity index (χ2v) is 5.26. The minimum absolute atomic E-state index is 0.180. The molecule has 0 radical (unpaired) electrons. The molecule has 6 nitrogen and oxygen atoms in total. The number of carbonyl (C=O) groups excluding carboxylic acids is 1. The lowest BCUT2D eigenvalue weighted by Gasteiger charge is -1.96. The summed E-state index contributed by atoms with van der Waals surface area (Å²) in [6.07, 6.45) is 4.73. The van der Waals surface area contributed by atoms with Crippen molar-refractivity contribution in [2.45, 2.75) is 6.54 Å². The molecule has 0 aliphatic heterocycles. The van der Waals surface area contributed by atoms with E-state index < -0.39 is 5.91 Å². The summed E-state index contributed by atoms with van der Waals surface area (Å²) in [5.74, 6) is -0.869. The Morgan fingerprint density at radius 3 is 2.86 bits per heavy atom. The normalized spacial score (nSPS) is 12.6. The van der Waals surface area contributed by atoms with Crippen molar-refractivity contribution in [3.8, 4) is 6.07 Å². The van der Waals surface area contributed by atoms with E-state index in [1.807, 2.05) is 0 Å². The van der Waals surface area contributed by atoms with Crippen LogP contribution in [0.15, 0.2) is 41.8 Å². The number of aromatic nitrogens is 2. The van der Waals surface area contributed by atoms with Gasteiger partial charge in [-0.25, -0.2) is 0 Å². The van der Waals surface area contributed by atoms with E-state index in [1.165, 1.54) is 10.6 Å². The van der Waals surface area contributed by atoms with Crippen molar-refractivity contribution in [1.29, 1.82) is 5.26 Å². The second kappa shape index (κ2) is 6.65. The number of primary amides is 1. The zero-order chi connectivity index (χ0) is 16.1. The molecule has 2 heterocycles. The molecule has 7 heteroatoms. The highest BCUT2D eigenvalue weighted by molar-refractivity contribution is 7.07. The van der Waals surface area contributed by atoms with Gasteiger partial charge in [0.1, 0.15) is 10.7 Å². The lowest BCUT2D eigenvalue weighted by Crippen LogP contribution is -2.33.